The van der Waals surface area contributed by atoms with Crippen LogP contribution in [0.2, 0.25) is 0 Å². The first-order valence-corrected chi connectivity index (χ1v) is 9.02. The number of rotatable bonds is 6. The minimum absolute atomic E-state index is 0.874. The van der Waals surface area contributed by atoms with E-state index in [1.54, 1.807) is 0 Å². The monoisotopic (exact) mass is 319 g/mol. The summed E-state index contributed by atoms with van der Waals surface area (Å²) in [6.07, 6.45) is 7.56. The van der Waals surface area contributed by atoms with Crippen molar-refractivity contribution in [1.82, 2.24) is 19.7 Å². The maximum Gasteiger partial charge on any atom is 0.194 e. The highest BCUT2D eigenvalue weighted by Gasteiger charge is 2.10. The van der Waals surface area contributed by atoms with E-state index in [0.29, 0.717) is 0 Å². The number of aromatic nitrogens is 1. The van der Waals surface area contributed by atoms with E-state index in [-0.39, 0.29) is 0 Å². The number of likely N-dealkylation sites (tertiary alicyclic amines) is 1. The molecular formula is C18H33N5. The van der Waals surface area contributed by atoms with E-state index in [2.05, 4.69) is 59.0 Å². The van der Waals surface area contributed by atoms with Gasteiger partial charge in [-0.25, -0.2) is 0 Å². The van der Waals surface area contributed by atoms with Crippen LogP contribution in [0.1, 0.15) is 38.3 Å². The van der Waals surface area contributed by atoms with Crippen LogP contribution in [0, 0.1) is 0 Å². The summed E-state index contributed by atoms with van der Waals surface area (Å²) in [7, 11) is 4.20. The fraction of sp³-hybridized carbons (Fsp3) is 0.722. The summed E-state index contributed by atoms with van der Waals surface area (Å²) in [5.74, 6) is 1.00. The van der Waals surface area contributed by atoms with Crippen LogP contribution < -0.4 is 5.32 Å². The van der Waals surface area contributed by atoms with Crippen LogP contribution in [0.25, 0.3) is 0 Å². The molecule has 0 aliphatic carbocycles. The van der Waals surface area contributed by atoms with Crippen molar-refractivity contribution in [3.63, 3.8) is 0 Å². The van der Waals surface area contributed by atoms with Crippen LogP contribution in [0.3, 0.4) is 0 Å². The molecule has 1 aromatic heterocycles. The van der Waals surface area contributed by atoms with Crippen molar-refractivity contribution < 1.29 is 0 Å². The second kappa shape index (κ2) is 9.60. The maximum absolute atomic E-state index is 4.83. The molecule has 5 heteroatoms. The molecule has 5 nitrogen and oxygen atoms in total. The number of guanidine groups is 1. The summed E-state index contributed by atoms with van der Waals surface area (Å²) >= 11 is 0. The molecule has 1 fully saturated rings. The van der Waals surface area contributed by atoms with E-state index >= 15 is 0 Å². The molecule has 0 spiro atoms. The molecule has 0 amide bonds. The van der Waals surface area contributed by atoms with Crippen LogP contribution in [0.5, 0.6) is 0 Å². The Labute approximate surface area is 141 Å². The molecule has 2 rings (SSSR count). The third kappa shape index (κ3) is 5.90. The van der Waals surface area contributed by atoms with Crippen LogP contribution in [-0.4, -0.2) is 60.1 Å². The van der Waals surface area contributed by atoms with Gasteiger partial charge < -0.3 is 19.7 Å². The lowest BCUT2D eigenvalue weighted by atomic mass is 10.2. The van der Waals surface area contributed by atoms with Gasteiger partial charge in [0.15, 0.2) is 5.96 Å². The Hall–Kier alpha value is -1.49. The summed E-state index contributed by atoms with van der Waals surface area (Å²) in [4.78, 5) is 9.61. The van der Waals surface area contributed by atoms with Gasteiger partial charge in [0, 0.05) is 39.1 Å². The normalized spacial score (nSPS) is 17.1. The van der Waals surface area contributed by atoms with Crippen molar-refractivity contribution in [1.29, 1.82) is 0 Å². The molecule has 1 aliphatic heterocycles. The van der Waals surface area contributed by atoms with Gasteiger partial charge in [-0.3, -0.25) is 4.99 Å². The highest BCUT2D eigenvalue weighted by atomic mass is 15.3. The Bertz CT molecular complexity index is 472. The Balaban J connectivity index is 1.86. The van der Waals surface area contributed by atoms with Gasteiger partial charge in [-0.05, 0) is 45.0 Å². The van der Waals surface area contributed by atoms with E-state index < -0.39 is 0 Å². The van der Waals surface area contributed by atoms with Crippen molar-refractivity contribution >= 4 is 5.96 Å². The first-order chi connectivity index (χ1) is 11.2. The van der Waals surface area contributed by atoms with Gasteiger partial charge in [-0.1, -0.05) is 12.8 Å². The number of aliphatic imine (C=N–C) groups is 1. The Morgan fingerprint density at radius 3 is 2.61 bits per heavy atom. The predicted octanol–water partition coefficient (Wildman–Crippen LogP) is 2.30. The van der Waals surface area contributed by atoms with Crippen LogP contribution in [-0.2, 0) is 13.6 Å². The van der Waals surface area contributed by atoms with Crippen molar-refractivity contribution in [3.8, 4) is 0 Å². The number of nitrogens with zero attached hydrogens (tertiary/aromatic N) is 4. The summed E-state index contributed by atoms with van der Waals surface area (Å²) < 4.78 is 2.16. The number of hydrogen-bond donors (Lipinski definition) is 1. The van der Waals surface area contributed by atoms with Crippen LogP contribution >= 0.6 is 0 Å². The Kier molecular flexibility index (Phi) is 7.46. The zero-order valence-corrected chi connectivity index (χ0v) is 15.1. The molecule has 0 atom stereocenters. The largest absolute Gasteiger partial charge is 0.357 e. The van der Waals surface area contributed by atoms with Gasteiger partial charge in [0.05, 0.1) is 13.1 Å². The van der Waals surface area contributed by atoms with Crippen molar-refractivity contribution in [2.45, 2.75) is 39.2 Å². The molecule has 0 aromatic carbocycles. The molecule has 130 valence electrons. The topological polar surface area (TPSA) is 35.8 Å². The summed E-state index contributed by atoms with van der Waals surface area (Å²) in [6.45, 7) is 8.34. The molecule has 0 unspecified atom stereocenters. The zero-order chi connectivity index (χ0) is 16.5. The highest BCUT2D eigenvalue weighted by molar-refractivity contribution is 5.79. The molecule has 1 saturated heterocycles. The standard InChI is InChI=1S/C18H33N5/c1-4-19-18(22(3)16-17-10-9-12-21(17)2)20-11-15-23-13-7-5-6-8-14-23/h9-10,12H,4-8,11,13-16H2,1-3H3,(H,19,20). The number of hydrogen-bond acceptors (Lipinski definition) is 2. The maximum atomic E-state index is 4.83. The van der Waals surface area contributed by atoms with Gasteiger partial charge in [-0.2, -0.15) is 0 Å². The van der Waals surface area contributed by atoms with E-state index in [1.165, 1.54) is 44.5 Å². The van der Waals surface area contributed by atoms with Gasteiger partial charge >= 0.3 is 0 Å². The molecular weight excluding hydrogens is 286 g/mol. The Morgan fingerprint density at radius 2 is 2.00 bits per heavy atom. The molecule has 1 aliphatic rings. The second-order valence-electron chi connectivity index (χ2n) is 6.46. The zero-order valence-electron chi connectivity index (χ0n) is 15.1. The van der Waals surface area contributed by atoms with Crippen LogP contribution in [0.4, 0.5) is 0 Å². The molecule has 0 radical (unpaired) electrons. The minimum atomic E-state index is 0.874. The van der Waals surface area contributed by atoms with Gasteiger partial charge in [0.2, 0.25) is 0 Å². The van der Waals surface area contributed by atoms with E-state index in [1.807, 2.05) is 0 Å². The van der Waals surface area contributed by atoms with E-state index in [0.717, 1.165) is 32.1 Å². The minimum Gasteiger partial charge on any atom is -0.357 e. The lowest BCUT2D eigenvalue weighted by Gasteiger charge is -2.23. The van der Waals surface area contributed by atoms with E-state index in [9.17, 15) is 0 Å². The average molecular weight is 319 g/mol. The first-order valence-electron chi connectivity index (χ1n) is 9.02. The van der Waals surface area contributed by atoms with Crippen molar-refractivity contribution in [3.05, 3.63) is 24.0 Å². The molecule has 23 heavy (non-hydrogen) atoms. The molecule has 1 aromatic rings. The average Bonchev–Trinajstić information content (AvgIpc) is 2.78. The van der Waals surface area contributed by atoms with Gasteiger partial charge in [0.1, 0.15) is 0 Å². The first kappa shape index (κ1) is 17.9. The Morgan fingerprint density at radius 1 is 1.26 bits per heavy atom. The summed E-state index contributed by atoms with van der Waals surface area (Å²) in [6, 6.07) is 4.25. The van der Waals surface area contributed by atoms with Gasteiger partial charge in [-0.15, -0.1) is 0 Å². The number of aryl methyl sites for hydroxylation is 1. The quantitative estimate of drug-likeness (QED) is 0.645. The highest BCUT2D eigenvalue weighted by Crippen LogP contribution is 2.09. The third-order valence-electron chi connectivity index (χ3n) is 4.52. The van der Waals surface area contributed by atoms with Crippen LogP contribution in [0.15, 0.2) is 23.3 Å². The lowest BCUT2D eigenvalue weighted by Crippen LogP contribution is -2.39. The summed E-state index contributed by atoms with van der Waals surface area (Å²) in [5.41, 5.74) is 1.30. The second-order valence-corrected chi connectivity index (χ2v) is 6.46. The SMILES string of the molecule is CCNC(=NCCN1CCCCCC1)N(C)Cc1cccn1C. The number of nitrogens with one attached hydrogen (secondary N) is 1. The molecule has 0 bridgehead atoms. The van der Waals surface area contributed by atoms with Gasteiger partial charge in [0.25, 0.3) is 0 Å². The predicted molar refractivity (Wildman–Crippen MR) is 97.8 cm³/mol. The van der Waals surface area contributed by atoms with Crippen molar-refractivity contribution in [2.75, 3.05) is 39.8 Å². The third-order valence-corrected chi connectivity index (χ3v) is 4.52. The fourth-order valence-corrected chi connectivity index (χ4v) is 3.11. The molecule has 0 saturated carbocycles. The fourth-order valence-electron chi connectivity index (χ4n) is 3.11. The van der Waals surface area contributed by atoms with E-state index in [4.69, 9.17) is 4.99 Å². The molecule has 2 heterocycles. The molecule has 1 N–H and O–H groups in total. The summed E-state index contributed by atoms with van der Waals surface area (Å²) in [5, 5.41) is 3.41. The van der Waals surface area contributed by atoms with Crippen molar-refractivity contribution in [2.24, 2.45) is 12.0 Å². The lowest BCUT2D eigenvalue weighted by molar-refractivity contribution is 0.293. The smallest absolute Gasteiger partial charge is 0.194 e.